The third kappa shape index (κ3) is 4.53. The standard InChI is InChI=1S/C21H25N2O5PS/c24-29(25,26)23-11-4-5-18(23)14-17-15-22-21-9-8-16(13-20(17)21)10-12-30(27,28)19-6-2-1-3-7-19/h1-3,6-9,13,15,18,22H,4-5,10-12,14H2,(H2,24,25,26). The summed E-state index contributed by atoms with van der Waals surface area (Å²) in [5.74, 6) is 0.0247. The first kappa shape index (κ1) is 21.3. The van der Waals surface area contributed by atoms with Crippen LogP contribution in [0.2, 0.25) is 0 Å². The second-order valence-corrected chi connectivity index (χ2v) is 11.4. The van der Waals surface area contributed by atoms with Crippen LogP contribution in [0.5, 0.6) is 0 Å². The molecule has 0 radical (unpaired) electrons. The van der Waals surface area contributed by atoms with Crippen molar-refractivity contribution in [3.05, 3.63) is 65.9 Å². The average molecular weight is 448 g/mol. The second kappa shape index (κ2) is 8.29. The monoisotopic (exact) mass is 448 g/mol. The summed E-state index contributed by atoms with van der Waals surface area (Å²) in [6, 6.07) is 14.1. The number of nitrogens with zero attached hydrogens (tertiary/aromatic N) is 1. The molecule has 0 bridgehead atoms. The summed E-state index contributed by atoms with van der Waals surface area (Å²) in [5.41, 5.74) is 2.84. The molecule has 3 N–H and O–H groups in total. The molecule has 1 aliphatic heterocycles. The molecule has 0 aliphatic carbocycles. The van der Waals surface area contributed by atoms with E-state index in [2.05, 4.69) is 4.98 Å². The van der Waals surface area contributed by atoms with Gasteiger partial charge >= 0.3 is 7.75 Å². The molecular formula is C21H25N2O5PS. The van der Waals surface area contributed by atoms with Gasteiger partial charge in [0.05, 0.1) is 10.6 Å². The molecule has 3 aromatic rings. The zero-order valence-corrected chi connectivity index (χ0v) is 18.1. The Kier molecular flexibility index (Phi) is 5.88. The SMILES string of the molecule is O=P(O)(O)N1CCCC1Cc1c[nH]c2ccc(CCS(=O)(=O)c3ccccc3)cc12. The summed E-state index contributed by atoms with van der Waals surface area (Å²) >= 11 is 0. The molecule has 9 heteroatoms. The van der Waals surface area contributed by atoms with Crippen LogP contribution >= 0.6 is 7.75 Å². The fourth-order valence-electron chi connectivity index (χ4n) is 4.17. The predicted molar refractivity (Wildman–Crippen MR) is 116 cm³/mol. The minimum Gasteiger partial charge on any atom is -0.361 e. The summed E-state index contributed by atoms with van der Waals surface area (Å²) in [6.45, 7) is 0.403. The first-order chi connectivity index (χ1) is 14.2. The van der Waals surface area contributed by atoms with E-state index in [0.717, 1.165) is 34.9 Å². The molecule has 1 unspecified atom stereocenters. The van der Waals surface area contributed by atoms with Crippen molar-refractivity contribution in [1.29, 1.82) is 0 Å². The number of H-pyrrole nitrogens is 1. The maximum atomic E-state index is 12.6. The summed E-state index contributed by atoms with van der Waals surface area (Å²) in [4.78, 5) is 22.7. The highest BCUT2D eigenvalue weighted by Crippen LogP contribution is 2.46. The number of benzene rings is 2. The lowest BCUT2D eigenvalue weighted by atomic mass is 10.0. The lowest BCUT2D eigenvalue weighted by Gasteiger charge is -2.24. The Hall–Kier alpha value is -1.96. The molecule has 0 spiro atoms. The number of sulfone groups is 1. The van der Waals surface area contributed by atoms with E-state index >= 15 is 0 Å². The molecule has 160 valence electrons. The minimum absolute atomic E-state index is 0.0247. The highest BCUT2D eigenvalue weighted by molar-refractivity contribution is 7.91. The predicted octanol–water partition coefficient (Wildman–Crippen LogP) is 3.28. The van der Waals surface area contributed by atoms with Gasteiger partial charge in [-0.1, -0.05) is 24.3 Å². The minimum atomic E-state index is -4.26. The molecule has 0 amide bonds. The van der Waals surface area contributed by atoms with Gasteiger partial charge in [0.25, 0.3) is 0 Å². The molecule has 0 saturated carbocycles. The molecule has 7 nitrogen and oxygen atoms in total. The van der Waals surface area contributed by atoms with E-state index in [-0.39, 0.29) is 11.8 Å². The zero-order chi connectivity index (χ0) is 21.4. The van der Waals surface area contributed by atoms with E-state index in [1.165, 1.54) is 4.67 Å². The normalized spacial score (nSPS) is 18.3. The summed E-state index contributed by atoms with van der Waals surface area (Å²) < 4.78 is 38.2. The van der Waals surface area contributed by atoms with Crippen LogP contribution in [0.4, 0.5) is 0 Å². The lowest BCUT2D eigenvalue weighted by molar-refractivity contribution is 0.258. The van der Waals surface area contributed by atoms with Crippen molar-refractivity contribution in [2.45, 2.75) is 36.6 Å². The Labute approximate surface area is 175 Å². The fourth-order valence-corrected chi connectivity index (χ4v) is 6.51. The first-order valence-electron chi connectivity index (χ1n) is 9.93. The second-order valence-electron chi connectivity index (χ2n) is 7.75. The molecule has 1 fully saturated rings. The number of rotatable bonds is 7. The van der Waals surface area contributed by atoms with Crippen LogP contribution in [-0.2, 0) is 27.2 Å². The number of aromatic amines is 1. The van der Waals surface area contributed by atoms with Crippen molar-refractivity contribution < 1.29 is 22.8 Å². The molecule has 4 rings (SSSR count). The largest absolute Gasteiger partial charge is 0.403 e. The van der Waals surface area contributed by atoms with E-state index < -0.39 is 17.6 Å². The van der Waals surface area contributed by atoms with Crippen LogP contribution in [0.25, 0.3) is 10.9 Å². The molecule has 2 aromatic carbocycles. The van der Waals surface area contributed by atoms with Gasteiger partial charge in [-0.2, -0.15) is 0 Å². The van der Waals surface area contributed by atoms with Crippen molar-refractivity contribution in [3.63, 3.8) is 0 Å². The number of nitrogens with one attached hydrogen (secondary N) is 1. The van der Waals surface area contributed by atoms with Gasteiger partial charge in [0.15, 0.2) is 9.84 Å². The van der Waals surface area contributed by atoms with Crippen LogP contribution < -0.4 is 0 Å². The topological polar surface area (TPSA) is 111 Å². The third-order valence-corrected chi connectivity index (χ3v) is 8.66. The zero-order valence-electron chi connectivity index (χ0n) is 16.4. The summed E-state index contributed by atoms with van der Waals surface area (Å²) in [7, 11) is -7.61. The molecule has 1 aromatic heterocycles. The molecule has 1 aliphatic rings. The molecule has 2 heterocycles. The highest BCUT2D eigenvalue weighted by Gasteiger charge is 2.36. The van der Waals surface area contributed by atoms with Gasteiger partial charge in [0, 0.05) is 29.7 Å². The Morgan fingerprint density at radius 1 is 1.13 bits per heavy atom. The van der Waals surface area contributed by atoms with Gasteiger partial charge < -0.3 is 14.8 Å². The third-order valence-electron chi connectivity index (χ3n) is 5.73. The van der Waals surface area contributed by atoms with Gasteiger partial charge in [0.1, 0.15) is 0 Å². The van der Waals surface area contributed by atoms with E-state index in [1.807, 2.05) is 24.4 Å². The Morgan fingerprint density at radius 3 is 2.63 bits per heavy atom. The van der Waals surface area contributed by atoms with Crippen molar-refractivity contribution >= 4 is 28.5 Å². The number of hydrogen-bond donors (Lipinski definition) is 3. The van der Waals surface area contributed by atoms with Crippen LogP contribution in [0, 0.1) is 0 Å². The number of fused-ring (bicyclic) bond motifs is 1. The van der Waals surface area contributed by atoms with Crippen molar-refractivity contribution in [2.75, 3.05) is 12.3 Å². The Balaban J connectivity index is 1.53. The van der Waals surface area contributed by atoms with E-state index in [0.29, 0.717) is 24.3 Å². The lowest BCUT2D eigenvalue weighted by Crippen LogP contribution is -2.28. The quantitative estimate of drug-likeness (QED) is 0.479. The molecule has 1 saturated heterocycles. The van der Waals surface area contributed by atoms with Crippen LogP contribution in [0.3, 0.4) is 0 Å². The fraction of sp³-hybridized carbons (Fsp3) is 0.333. The molecular weight excluding hydrogens is 423 g/mol. The van der Waals surface area contributed by atoms with Crippen LogP contribution in [0.15, 0.2) is 59.6 Å². The van der Waals surface area contributed by atoms with Crippen molar-refractivity contribution in [3.8, 4) is 0 Å². The maximum Gasteiger partial charge on any atom is 0.403 e. The summed E-state index contributed by atoms with van der Waals surface area (Å²) in [5, 5.41) is 0.974. The van der Waals surface area contributed by atoms with Gasteiger partial charge in [0.2, 0.25) is 0 Å². The van der Waals surface area contributed by atoms with E-state index in [1.54, 1.807) is 30.3 Å². The van der Waals surface area contributed by atoms with Gasteiger partial charge in [-0.25, -0.2) is 17.7 Å². The smallest absolute Gasteiger partial charge is 0.361 e. The van der Waals surface area contributed by atoms with Crippen molar-refractivity contribution in [2.24, 2.45) is 0 Å². The van der Waals surface area contributed by atoms with Gasteiger partial charge in [-0.3, -0.25) is 0 Å². The number of aromatic nitrogens is 1. The maximum absolute atomic E-state index is 12.6. The molecule has 1 atom stereocenters. The van der Waals surface area contributed by atoms with E-state index in [4.69, 9.17) is 0 Å². The number of aryl methyl sites for hydroxylation is 1. The Bertz CT molecular complexity index is 1190. The molecule has 30 heavy (non-hydrogen) atoms. The Morgan fingerprint density at radius 2 is 1.90 bits per heavy atom. The van der Waals surface area contributed by atoms with Crippen molar-refractivity contribution in [1.82, 2.24) is 9.65 Å². The summed E-state index contributed by atoms with van der Waals surface area (Å²) in [6.07, 6.45) is 4.32. The highest BCUT2D eigenvalue weighted by atomic mass is 32.2. The van der Waals surface area contributed by atoms with Crippen LogP contribution in [-0.4, -0.2) is 46.2 Å². The van der Waals surface area contributed by atoms with E-state index in [9.17, 15) is 22.8 Å². The first-order valence-corrected chi connectivity index (χ1v) is 13.2. The van der Waals surface area contributed by atoms with Crippen LogP contribution in [0.1, 0.15) is 24.0 Å². The van der Waals surface area contributed by atoms with Gasteiger partial charge in [-0.05, 0) is 61.1 Å². The average Bonchev–Trinajstić information content (AvgIpc) is 3.34. The van der Waals surface area contributed by atoms with Gasteiger partial charge in [-0.15, -0.1) is 0 Å². The number of hydrogen-bond acceptors (Lipinski definition) is 3.